The van der Waals surface area contributed by atoms with Gasteiger partial charge in [-0.3, -0.25) is 0 Å². The molecule has 0 aliphatic heterocycles. The van der Waals surface area contributed by atoms with E-state index in [9.17, 15) is 0 Å². The van der Waals surface area contributed by atoms with Crippen molar-refractivity contribution in [1.82, 2.24) is 5.32 Å². The molecule has 0 amide bonds. The first-order valence-corrected chi connectivity index (χ1v) is 7.49. The quantitative estimate of drug-likeness (QED) is 0.582. The molecule has 0 saturated heterocycles. The van der Waals surface area contributed by atoms with Crippen LogP contribution in [0.25, 0.3) is 0 Å². The van der Waals surface area contributed by atoms with E-state index in [-0.39, 0.29) is 0 Å². The van der Waals surface area contributed by atoms with E-state index >= 15 is 0 Å². The Morgan fingerprint density at radius 2 is 1.88 bits per heavy atom. The van der Waals surface area contributed by atoms with Crippen LogP contribution in [0.3, 0.4) is 0 Å². The van der Waals surface area contributed by atoms with Gasteiger partial charge < -0.3 is 5.32 Å². The van der Waals surface area contributed by atoms with Crippen LogP contribution in [0, 0.1) is 11.8 Å². The maximum Gasteiger partial charge on any atom is 0.00683 e. The van der Waals surface area contributed by atoms with Crippen LogP contribution >= 0.6 is 0 Å². The fraction of sp³-hybridized carbons (Fsp3) is 1.00. The van der Waals surface area contributed by atoms with Crippen LogP contribution < -0.4 is 5.32 Å². The van der Waals surface area contributed by atoms with Crippen molar-refractivity contribution in [1.29, 1.82) is 0 Å². The minimum atomic E-state index is 0.872. The van der Waals surface area contributed by atoms with Gasteiger partial charge in [0.25, 0.3) is 0 Å². The fourth-order valence-corrected chi connectivity index (χ4v) is 2.32. The van der Waals surface area contributed by atoms with Gasteiger partial charge in [-0.15, -0.1) is 0 Å². The summed E-state index contributed by atoms with van der Waals surface area (Å²) in [7, 11) is 0. The summed E-state index contributed by atoms with van der Waals surface area (Å²) >= 11 is 0. The Hall–Kier alpha value is -0.0400. The van der Waals surface area contributed by atoms with E-state index in [0.717, 1.165) is 17.9 Å². The molecular weight excluding hydrogens is 194 g/mol. The van der Waals surface area contributed by atoms with Crippen LogP contribution in [0.15, 0.2) is 0 Å². The topological polar surface area (TPSA) is 12.0 Å². The number of rotatable bonds is 10. The van der Waals surface area contributed by atoms with Gasteiger partial charge in [0, 0.05) is 6.04 Å². The Labute approximate surface area is 102 Å². The number of hydrogen-bond donors (Lipinski definition) is 1. The third-order valence-corrected chi connectivity index (χ3v) is 3.94. The van der Waals surface area contributed by atoms with Crippen molar-refractivity contribution in [3.63, 3.8) is 0 Å². The average molecular weight is 225 g/mol. The molecule has 1 aliphatic rings. The first kappa shape index (κ1) is 14.0. The second kappa shape index (κ2) is 8.11. The van der Waals surface area contributed by atoms with Gasteiger partial charge in [-0.1, -0.05) is 52.9 Å². The SMILES string of the molecule is CCCCC(CC)CCC(C)CNC1CC1. The highest BCUT2D eigenvalue weighted by atomic mass is 14.9. The summed E-state index contributed by atoms with van der Waals surface area (Å²) in [5.41, 5.74) is 0. The molecule has 0 spiro atoms. The molecule has 0 aromatic rings. The summed E-state index contributed by atoms with van der Waals surface area (Å²) < 4.78 is 0. The minimum Gasteiger partial charge on any atom is -0.314 e. The van der Waals surface area contributed by atoms with Crippen molar-refractivity contribution in [3.8, 4) is 0 Å². The van der Waals surface area contributed by atoms with Crippen LogP contribution in [0.1, 0.15) is 72.1 Å². The largest absolute Gasteiger partial charge is 0.314 e. The van der Waals surface area contributed by atoms with Crippen molar-refractivity contribution < 1.29 is 0 Å². The Balaban J connectivity index is 2.00. The molecule has 0 radical (unpaired) electrons. The summed E-state index contributed by atoms with van der Waals surface area (Å²) in [6, 6.07) is 0.879. The lowest BCUT2D eigenvalue weighted by molar-refractivity contribution is 0.363. The molecule has 1 nitrogen and oxygen atoms in total. The van der Waals surface area contributed by atoms with Crippen molar-refractivity contribution in [2.45, 2.75) is 78.2 Å². The van der Waals surface area contributed by atoms with Gasteiger partial charge in [0.15, 0.2) is 0 Å². The highest BCUT2D eigenvalue weighted by Gasteiger charge is 2.20. The molecule has 1 N–H and O–H groups in total. The standard InChI is InChI=1S/C15H31N/c1-4-6-7-14(5-2)9-8-13(3)12-16-15-10-11-15/h13-16H,4-12H2,1-3H3. The Morgan fingerprint density at radius 1 is 1.12 bits per heavy atom. The molecule has 16 heavy (non-hydrogen) atoms. The highest BCUT2D eigenvalue weighted by molar-refractivity contribution is 4.81. The van der Waals surface area contributed by atoms with Crippen molar-refractivity contribution in [3.05, 3.63) is 0 Å². The zero-order valence-electron chi connectivity index (χ0n) is 11.6. The summed E-state index contributed by atoms with van der Waals surface area (Å²) in [6.07, 6.45) is 11.3. The van der Waals surface area contributed by atoms with Crippen molar-refractivity contribution in [2.24, 2.45) is 11.8 Å². The van der Waals surface area contributed by atoms with E-state index < -0.39 is 0 Å². The molecule has 2 unspecified atom stereocenters. The highest BCUT2D eigenvalue weighted by Crippen LogP contribution is 2.22. The number of hydrogen-bond acceptors (Lipinski definition) is 1. The molecule has 1 aliphatic carbocycles. The van der Waals surface area contributed by atoms with Gasteiger partial charge in [-0.05, 0) is 37.6 Å². The summed E-state index contributed by atoms with van der Waals surface area (Å²) in [6.45, 7) is 8.30. The third-order valence-electron chi connectivity index (χ3n) is 3.94. The predicted octanol–water partition coefficient (Wildman–Crippen LogP) is 4.37. The molecule has 96 valence electrons. The summed E-state index contributed by atoms with van der Waals surface area (Å²) in [5.74, 6) is 1.86. The molecule has 0 aromatic heterocycles. The normalized spacial score (nSPS) is 19.7. The van der Waals surface area contributed by atoms with Gasteiger partial charge in [0.1, 0.15) is 0 Å². The van der Waals surface area contributed by atoms with Gasteiger partial charge in [-0.25, -0.2) is 0 Å². The molecule has 0 bridgehead atoms. The molecule has 0 aromatic carbocycles. The van der Waals surface area contributed by atoms with Crippen LogP contribution in [0.4, 0.5) is 0 Å². The van der Waals surface area contributed by atoms with Gasteiger partial charge in [0.2, 0.25) is 0 Å². The molecule has 1 fully saturated rings. The monoisotopic (exact) mass is 225 g/mol. The lowest BCUT2D eigenvalue weighted by Gasteiger charge is -2.18. The molecule has 1 heteroatoms. The fourth-order valence-electron chi connectivity index (χ4n) is 2.32. The van der Waals surface area contributed by atoms with E-state index in [4.69, 9.17) is 0 Å². The van der Waals surface area contributed by atoms with E-state index in [1.165, 1.54) is 57.9 Å². The van der Waals surface area contributed by atoms with Crippen molar-refractivity contribution >= 4 is 0 Å². The first-order valence-electron chi connectivity index (χ1n) is 7.49. The van der Waals surface area contributed by atoms with Crippen LogP contribution in [-0.4, -0.2) is 12.6 Å². The zero-order chi connectivity index (χ0) is 11.8. The van der Waals surface area contributed by atoms with Crippen LogP contribution in [-0.2, 0) is 0 Å². The summed E-state index contributed by atoms with van der Waals surface area (Å²) in [5, 5.41) is 3.64. The second-order valence-corrected chi connectivity index (χ2v) is 5.78. The van der Waals surface area contributed by atoms with Crippen LogP contribution in [0.5, 0.6) is 0 Å². The van der Waals surface area contributed by atoms with Gasteiger partial charge in [-0.2, -0.15) is 0 Å². The Kier molecular flexibility index (Phi) is 7.11. The Bertz CT molecular complexity index is 163. The smallest absolute Gasteiger partial charge is 0.00683 e. The lowest BCUT2D eigenvalue weighted by atomic mass is 9.91. The van der Waals surface area contributed by atoms with Crippen molar-refractivity contribution in [2.75, 3.05) is 6.54 Å². The van der Waals surface area contributed by atoms with E-state index in [1.54, 1.807) is 0 Å². The molecular formula is C15H31N. The first-order chi connectivity index (χ1) is 7.76. The molecule has 0 heterocycles. The third kappa shape index (κ3) is 6.52. The molecule has 1 rings (SSSR count). The molecule has 2 atom stereocenters. The van der Waals surface area contributed by atoms with E-state index in [2.05, 4.69) is 26.1 Å². The van der Waals surface area contributed by atoms with E-state index in [1.807, 2.05) is 0 Å². The molecule has 1 saturated carbocycles. The Morgan fingerprint density at radius 3 is 2.44 bits per heavy atom. The number of nitrogens with one attached hydrogen (secondary N) is 1. The average Bonchev–Trinajstić information content (AvgIpc) is 3.10. The predicted molar refractivity (Wildman–Crippen MR) is 72.7 cm³/mol. The maximum atomic E-state index is 3.64. The lowest BCUT2D eigenvalue weighted by Crippen LogP contribution is -2.23. The summed E-state index contributed by atoms with van der Waals surface area (Å²) in [4.78, 5) is 0. The second-order valence-electron chi connectivity index (χ2n) is 5.78. The van der Waals surface area contributed by atoms with Gasteiger partial charge >= 0.3 is 0 Å². The van der Waals surface area contributed by atoms with E-state index in [0.29, 0.717) is 0 Å². The minimum absolute atomic E-state index is 0.872. The number of unbranched alkanes of at least 4 members (excludes halogenated alkanes) is 1. The van der Waals surface area contributed by atoms with Gasteiger partial charge in [0.05, 0.1) is 0 Å². The van der Waals surface area contributed by atoms with Crippen LogP contribution in [0.2, 0.25) is 0 Å². The zero-order valence-corrected chi connectivity index (χ0v) is 11.6. The maximum absolute atomic E-state index is 3.64.